The minimum Gasteiger partial charge on any atom is -0.465 e. The zero-order chi connectivity index (χ0) is 19.5. The van der Waals surface area contributed by atoms with Crippen LogP contribution >= 0.6 is 0 Å². The molecule has 0 radical (unpaired) electrons. The van der Waals surface area contributed by atoms with Crippen molar-refractivity contribution >= 4 is 18.7 Å². The predicted octanol–water partition coefficient (Wildman–Crippen LogP) is 3.75. The maximum absolute atomic E-state index is 11.9. The molecular formula is C20H30BNO4. The van der Waals surface area contributed by atoms with Gasteiger partial charge in [0.25, 0.3) is 0 Å². The van der Waals surface area contributed by atoms with E-state index >= 15 is 0 Å². The van der Waals surface area contributed by atoms with Crippen LogP contribution in [0.15, 0.2) is 18.2 Å². The molecule has 0 unspecified atom stereocenters. The summed E-state index contributed by atoms with van der Waals surface area (Å²) in [6.07, 6.45) is 0.742. The summed E-state index contributed by atoms with van der Waals surface area (Å²) in [6, 6.07) is 5.94. The Balaban J connectivity index is 1.98. The minimum atomic E-state index is -0.878. The SMILES string of the molecule is CC(C)(C)N(C(=O)O)[C@@H]1CCc2c(B3OC(C)(C)C(C)(C)O3)cccc21. The Kier molecular flexibility index (Phi) is 4.44. The molecule has 1 aliphatic heterocycles. The van der Waals surface area contributed by atoms with E-state index in [0.717, 1.165) is 23.9 Å². The van der Waals surface area contributed by atoms with Gasteiger partial charge in [-0.15, -0.1) is 0 Å². The Hall–Kier alpha value is -1.53. The lowest BCUT2D eigenvalue weighted by molar-refractivity contribution is 0.00578. The van der Waals surface area contributed by atoms with E-state index in [1.807, 2.05) is 66.7 Å². The molecule has 1 heterocycles. The van der Waals surface area contributed by atoms with Crippen molar-refractivity contribution in [3.63, 3.8) is 0 Å². The highest BCUT2D eigenvalue weighted by molar-refractivity contribution is 6.62. The Morgan fingerprint density at radius 3 is 2.27 bits per heavy atom. The van der Waals surface area contributed by atoms with Gasteiger partial charge >= 0.3 is 13.2 Å². The normalized spacial score (nSPS) is 23.8. The highest BCUT2D eigenvalue weighted by Gasteiger charge is 2.52. The van der Waals surface area contributed by atoms with Crippen molar-refractivity contribution in [3.8, 4) is 0 Å². The topological polar surface area (TPSA) is 59.0 Å². The smallest absolute Gasteiger partial charge is 0.465 e. The number of amides is 1. The van der Waals surface area contributed by atoms with E-state index in [0.29, 0.717) is 0 Å². The molecule has 1 fully saturated rings. The van der Waals surface area contributed by atoms with E-state index in [4.69, 9.17) is 9.31 Å². The number of hydrogen-bond donors (Lipinski definition) is 1. The standard InChI is InChI=1S/C20H30BNO4/c1-18(2,3)22(17(23)24)16-12-11-13-14(16)9-8-10-15(13)21-25-19(4,5)20(6,7)26-21/h8-10,16H,11-12H2,1-7H3,(H,23,24)/t16-/m1/s1. The van der Waals surface area contributed by atoms with Gasteiger partial charge in [-0.05, 0) is 77.9 Å². The number of carboxylic acid groups (broad SMARTS) is 1. The van der Waals surface area contributed by atoms with Gasteiger partial charge in [0.15, 0.2) is 0 Å². The molecule has 6 heteroatoms. The van der Waals surface area contributed by atoms with Gasteiger partial charge in [0.05, 0.1) is 17.2 Å². The van der Waals surface area contributed by atoms with Crippen LogP contribution in [0.25, 0.3) is 0 Å². The van der Waals surface area contributed by atoms with Crippen LogP contribution in [0.1, 0.15) is 72.1 Å². The number of carbonyl (C=O) groups is 1. The van der Waals surface area contributed by atoms with Gasteiger partial charge < -0.3 is 14.4 Å². The molecule has 0 saturated carbocycles. The van der Waals surface area contributed by atoms with E-state index in [2.05, 4.69) is 0 Å². The largest absolute Gasteiger partial charge is 0.495 e. The quantitative estimate of drug-likeness (QED) is 0.817. The van der Waals surface area contributed by atoms with Gasteiger partial charge in [-0.25, -0.2) is 4.79 Å². The van der Waals surface area contributed by atoms with Crippen LogP contribution in [0, 0.1) is 0 Å². The Bertz CT molecular complexity index is 707. The molecule has 1 amide bonds. The van der Waals surface area contributed by atoms with Crippen LogP contribution in [-0.4, -0.2) is 40.0 Å². The summed E-state index contributed by atoms with van der Waals surface area (Å²) in [4.78, 5) is 13.5. The fraction of sp³-hybridized carbons (Fsp3) is 0.650. The lowest BCUT2D eigenvalue weighted by Gasteiger charge is -2.38. The molecule has 1 saturated heterocycles. The van der Waals surface area contributed by atoms with Gasteiger partial charge in [0.2, 0.25) is 0 Å². The van der Waals surface area contributed by atoms with Gasteiger partial charge in [-0.1, -0.05) is 18.2 Å². The van der Waals surface area contributed by atoms with Crippen molar-refractivity contribution < 1.29 is 19.2 Å². The zero-order valence-electron chi connectivity index (χ0n) is 16.9. The minimum absolute atomic E-state index is 0.134. The number of nitrogens with zero attached hydrogens (tertiary/aromatic N) is 1. The molecule has 1 aromatic carbocycles. The van der Waals surface area contributed by atoms with Crippen molar-refractivity contribution in [1.29, 1.82) is 0 Å². The third kappa shape index (κ3) is 3.03. The summed E-state index contributed by atoms with van der Waals surface area (Å²) in [5.74, 6) is 0. The van der Waals surface area contributed by atoms with E-state index in [1.165, 1.54) is 5.56 Å². The second-order valence-electron chi connectivity index (χ2n) is 9.38. The summed E-state index contributed by atoms with van der Waals surface area (Å²) in [7, 11) is -0.415. The molecule has 0 bridgehead atoms. The van der Waals surface area contributed by atoms with Gasteiger partial charge in [0.1, 0.15) is 0 Å². The Labute approximate surface area is 156 Å². The van der Waals surface area contributed by atoms with Crippen molar-refractivity contribution in [2.45, 2.75) is 84.1 Å². The average Bonchev–Trinajstić information content (AvgIpc) is 2.96. The third-order valence-corrected chi connectivity index (χ3v) is 6.02. The Morgan fingerprint density at radius 2 is 1.77 bits per heavy atom. The third-order valence-electron chi connectivity index (χ3n) is 6.02. The molecule has 5 nitrogen and oxygen atoms in total. The number of benzene rings is 1. The van der Waals surface area contributed by atoms with E-state index < -0.39 is 30.0 Å². The van der Waals surface area contributed by atoms with E-state index in [9.17, 15) is 9.90 Å². The van der Waals surface area contributed by atoms with Crippen molar-refractivity contribution in [2.75, 3.05) is 0 Å². The fourth-order valence-corrected chi connectivity index (χ4v) is 4.01. The summed E-state index contributed by atoms with van der Waals surface area (Å²) in [5.41, 5.74) is 2.04. The van der Waals surface area contributed by atoms with Gasteiger partial charge in [-0.2, -0.15) is 0 Å². The molecule has 0 spiro atoms. The fourth-order valence-electron chi connectivity index (χ4n) is 4.01. The molecule has 1 atom stereocenters. The molecule has 1 N–H and O–H groups in total. The zero-order valence-corrected chi connectivity index (χ0v) is 16.9. The van der Waals surface area contributed by atoms with Crippen LogP contribution in [0.2, 0.25) is 0 Å². The van der Waals surface area contributed by atoms with Crippen LogP contribution in [0.3, 0.4) is 0 Å². The lowest BCUT2D eigenvalue weighted by Crippen LogP contribution is -2.46. The maximum atomic E-state index is 11.9. The first-order valence-corrected chi connectivity index (χ1v) is 9.35. The van der Waals surface area contributed by atoms with Crippen molar-refractivity contribution in [1.82, 2.24) is 4.90 Å². The Morgan fingerprint density at radius 1 is 1.19 bits per heavy atom. The molecule has 1 aliphatic carbocycles. The van der Waals surface area contributed by atoms with Crippen LogP contribution in [0.4, 0.5) is 4.79 Å². The van der Waals surface area contributed by atoms with Crippen molar-refractivity contribution in [3.05, 3.63) is 29.3 Å². The first-order chi connectivity index (χ1) is 11.8. The highest BCUT2D eigenvalue weighted by atomic mass is 16.7. The molecule has 0 aromatic heterocycles. The van der Waals surface area contributed by atoms with E-state index in [1.54, 1.807) is 4.90 Å². The van der Waals surface area contributed by atoms with Gasteiger partial charge in [-0.3, -0.25) is 4.90 Å². The molecule has 2 aliphatic rings. The molecular weight excluding hydrogens is 329 g/mol. The van der Waals surface area contributed by atoms with Crippen LogP contribution in [0.5, 0.6) is 0 Å². The summed E-state index contributed by atoms with van der Waals surface area (Å²) in [6.45, 7) is 14.0. The van der Waals surface area contributed by atoms with Crippen LogP contribution in [-0.2, 0) is 15.7 Å². The second kappa shape index (κ2) is 5.99. The monoisotopic (exact) mass is 359 g/mol. The number of fused-ring (bicyclic) bond motifs is 1. The first-order valence-electron chi connectivity index (χ1n) is 9.35. The second-order valence-corrected chi connectivity index (χ2v) is 9.38. The number of hydrogen-bond acceptors (Lipinski definition) is 3. The summed E-state index contributed by atoms with van der Waals surface area (Å²) in [5, 5.41) is 9.79. The summed E-state index contributed by atoms with van der Waals surface area (Å²) < 4.78 is 12.5. The summed E-state index contributed by atoms with van der Waals surface area (Å²) >= 11 is 0. The number of rotatable bonds is 2. The molecule has 26 heavy (non-hydrogen) atoms. The molecule has 1 aromatic rings. The predicted molar refractivity (Wildman–Crippen MR) is 103 cm³/mol. The molecule has 142 valence electrons. The first kappa shape index (κ1) is 19.2. The van der Waals surface area contributed by atoms with Gasteiger partial charge in [0, 0.05) is 5.54 Å². The van der Waals surface area contributed by atoms with Crippen molar-refractivity contribution in [2.24, 2.45) is 0 Å². The molecule has 3 rings (SSSR count). The average molecular weight is 359 g/mol. The maximum Gasteiger partial charge on any atom is 0.495 e. The van der Waals surface area contributed by atoms with E-state index in [-0.39, 0.29) is 6.04 Å². The highest BCUT2D eigenvalue weighted by Crippen LogP contribution is 2.41. The van der Waals surface area contributed by atoms with Crippen LogP contribution < -0.4 is 5.46 Å². The lowest BCUT2D eigenvalue weighted by atomic mass is 9.75.